The third-order valence-electron chi connectivity index (χ3n) is 2.57. The maximum atomic E-state index is 11.5. The van der Waals surface area contributed by atoms with Gasteiger partial charge in [-0.25, -0.2) is 18.6 Å². The van der Waals surface area contributed by atoms with Crippen LogP contribution in [0.5, 0.6) is 0 Å². The lowest BCUT2D eigenvalue weighted by atomic mass is 10.2. The lowest BCUT2D eigenvalue weighted by molar-refractivity contribution is 0.125. The first kappa shape index (κ1) is 12.5. The number of fused-ring (bicyclic) bond motifs is 1. The third kappa shape index (κ3) is 2.49. The molecule has 17 heavy (non-hydrogen) atoms. The average molecular weight is 279 g/mol. The highest BCUT2D eigenvalue weighted by atomic mass is 32.2. The van der Waals surface area contributed by atoms with E-state index in [0.717, 1.165) is 0 Å². The summed E-state index contributed by atoms with van der Waals surface area (Å²) in [6.45, 7) is 1.90. The number of nitrogens with zero attached hydrogens (tertiary/aromatic N) is 1. The van der Waals surface area contributed by atoms with Gasteiger partial charge in [0, 0.05) is 5.25 Å². The number of nitrogens with one attached hydrogen (secondary N) is 2. The van der Waals surface area contributed by atoms with Crippen molar-refractivity contribution < 1.29 is 17.9 Å². The summed E-state index contributed by atoms with van der Waals surface area (Å²) in [6.07, 6.45) is -0.664. The number of ether oxygens (including phenoxy) is 1. The number of carbonyl (C=O) groups excluding carboxylic acids is 1. The highest BCUT2D eigenvalue weighted by molar-refractivity contribution is 8.15. The number of rotatable bonds is 2. The van der Waals surface area contributed by atoms with Crippen LogP contribution >= 0.6 is 11.8 Å². The topological polar surface area (TPSA) is 99.6 Å². The van der Waals surface area contributed by atoms with E-state index in [2.05, 4.69) is 5.43 Å². The first-order valence-corrected chi connectivity index (χ1v) is 7.81. The van der Waals surface area contributed by atoms with Gasteiger partial charge in [0.05, 0.1) is 24.2 Å². The van der Waals surface area contributed by atoms with E-state index in [0.29, 0.717) is 0 Å². The normalized spacial score (nSPS) is 30.2. The van der Waals surface area contributed by atoms with Crippen molar-refractivity contribution in [2.45, 2.75) is 18.2 Å². The summed E-state index contributed by atoms with van der Waals surface area (Å²) in [5, 5.41) is 8.96. The van der Waals surface area contributed by atoms with Crippen molar-refractivity contribution in [1.82, 2.24) is 10.4 Å². The molecule has 2 heterocycles. The number of amides is 1. The molecule has 0 radical (unpaired) electrons. The van der Waals surface area contributed by atoms with Crippen molar-refractivity contribution in [3.05, 3.63) is 0 Å². The predicted molar refractivity (Wildman–Crippen MR) is 63.5 cm³/mol. The summed E-state index contributed by atoms with van der Waals surface area (Å²) in [5.74, 6) is 0.0329. The van der Waals surface area contributed by atoms with Gasteiger partial charge in [0.1, 0.15) is 0 Å². The minimum atomic E-state index is -3.06. The summed E-state index contributed by atoms with van der Waals surface area (Å²) in [4.78, 5) is 11.3. The van der Waals surface area contributed by atoms with Crippen molar-refractivity contribution in [1.29, 1.82) is 5.41 Å². The van der Waals surface area contributed by atoms with E-state index in [4.69, 9.17) is 10.1 Å². The second kappa shape index (κ2) is 4.37. The van der Waals surface area contributed by atoms with E-state index < -0.39 is 15.9 Å². The number of hydrogen-bond donors (Lipinski definition) is 2. The fraction of sp³-hybridized carbons (Fsp3) is 0.750. The van der Waals surface area contributed by atoms with Gasteiger partial charge in [-0.05, 0) is 6.92 Å². The molecule has 0 bridgehead atoms. The van der Waals surface area contributed by atoms with E-state index in [1.807, 2.05) is 0 Å². The highest BCUT2D eigenvalue weighted by Gasteiger charge is 2.49. The molecule has 0 aliphatic carbocycles. The maximum Gasteiger partial charge on any atom is 0.426 e. The summed E-state index contributed by atoms with van der Waals surface area (Å²) in [5.41, 5.74) is 2.40. The Bertz CT molecular complexity index is 450. The SMILES string of the molecule is CCOC(=O)NN1C(=N)S[C@H]2CS(=O)(=O)C[C@@H]21. The van der Waals surface area contributed by atoms with E-state index in [1.165, 1.54) is 16.8 Å². The first-order chi connectivity index (χ1) is 7.93. The summed E-state index contributed by atoms with van der Waals surface area (Å²) in [7, 11) is -3.06. The molecule has 0 spiro atoms. The van der Waals surface area contributed by atoms with Crippen LogP contribution in [0, 0.1) is 5.41 Å². The second-order valence-corrected chi connectivity index (χ2v) is 7.19. The first-order valence-electron chi connectivity index (χ1n) is 5.11. The fourth-order valence-electron chi connectivity index (χ4n) is 1.90. The lowest BCUT2D eigenvalue weighted by Gasteiger charge is -2.23. The zero-order valence-corrected chi connectivity index (χ0v) is 10.8. The van der Waals surface area contributed by atoms with E-state index >= 15 is 0 Å². The standard InChI is InChI=1S/C8H13N3O4S2/c1-2-15-8(12)10-11-5-3-17(13,14)4-6(5)16-7(11)9/h5-6,9H,2-4H2,1H3,(H,10,12)/t5-,6-/m0/s1. The fourth-order valence-corrected chi connectivity index (χ4v) is 5.63. The molecule has 0 aromatic carbocycles. The molecule has 2 atom stereocenters. The van der Waals surface area contributed by atoms with Gasteiger partial charge in [-0.15, -0.1) is 0 Å². The van der Waals surface area contributed by atoms with Gasteiger partial charge in [-0.1, -0.05) is 11.8 Å². The molecule has 0 saturated carbocycles. The second-order valence-electron chi connectivity index (χ2n) is 3.81. The summed E-state index contributed by atoms with van der Waals surface area (Å²) < 4.78 is 27.6. The Morgan fingerprint density at radius 1 is 1.65 bits per heavy atom. The van der Waals surface area contributed by atoms with Crippen LogP contribution in [0.4, 0.5) is 4.79 Å². The Labute approximate surface area is 103 Å². The average Bonchev–Trinajstić information content (AvgIpc) is 2.62. The highest BCUT2D eigenvalue weighted by Crippen LogP contribution is 2.36. The predicted octanol–water partition coefficient (Wildman–Crippen LogP) is -0.203. The van der Waals surface area contributed by atoms with E-state index in [9.17, 15) is 13.2 Å². The van der Waals surface area contributed by atoms with Gasteiger partial charge in [0.15, 0.2) is 15.0 Å². The molecule has 0 aromatic heterocycles. The number of thioether (sulfide) groups is 1. The van der Waals surface area contributed by atoms with Gasteiger partial charge >= 0.3 is 6.09 Å². The zero-order valence-electron chi connectivity index (χ0n) is 9.17. The number of hydrazine groups is 1. The van der Waals surface area contributed by atoms with Crippen molar-refractivity contribution in [3.8, 4) is 0 Å². The Morgan fingerprint density at radius 3 is 3.00 bits per heavy atom. The molecule has 1 amide bonds. The van der Waals surface area contributed by atoms with Gasteiger partial charge in [0.25, 0.3) is 0 Å². The minimum Gasteiger partial charge on any atom is -0.449 e. The molecule has 9 heteroatoms. The Balaban J connectivity index is 2.07. The molecular weight excluding hydrogens is 266 g/mol. The number of carbonyl (C=O) groups is 1. The Morgan fingerprint density at radius 2 is 2.35 bits per heavy atom. The molecule has 2 rings (SSSR count). The van der Waals surface area contributed by atoms with Crippen LogP contribution < -0.4 is 5.43 Å². The molecule has 7 nitrogen and oxygen atoms in total. The molecule has 96 valence electrons. The molecule has 0 unspecified atom stereocenters. The minimum absolute atomic E-state index is 0.0283. The van der Waals surface area contributed by atoms with Crippen LogP contribution in [0.3, 0.4) is 0 Å². The van der Waals surface area contributed by atoms with Crippen molar-refractivity contribution in [2.24, 2.45) is 0 Å². The van der Waals surface area contributed by atoms with Crippen molar-refractivity contribution in [3.63, 3.8) is 0 Å². The molecule has 2 fully saturated rings. The quantitative estimate of drug-likeness (QED) is 0.726. The third-order valence-corrected chi connectivity index (χ3v) is 5.70. The molecule has 2 aliphatic heterocycles. The number of sulfone groups is 1. The summed E-state index contributed by atoms with van der Waals surface area (Å²) >= 11 is 1.17. The van der Waals surface area contributed by atoms with Gasteiger partial charge < -0.3 is 4.74 Å². The molecule has 0 aromatic rings. The monoisotopic (exact) mass is 279 g/mol. The number of hydrogen-bond acceptors (Lipinski definition) is 6. The molecule has 2 saturated heterocycles. The largest absolute Gasteiger partial charge is 0.449 e. The van der Waals surface area contributed by atoms with Gasteiger partial charge in [0.2, 0.25) is 0 Å². The van der Waals surface area contributed by atoms with Crippen molar-refractivity contribution >= 4 is 32.9 Å². The zero-order chi connectivity index (χ0) is 12.6. The summed E-state index contributed by atoms with van der Waals surface area (Å²) in [6, 6.07) is -0.359. The van der Waals surface area contributed by atoms with E-state index in [1.54, 1.807) is 6.92 Å². The maximum absolute atomic E-state index is 11.5. The van der Waals surface area contributed by atoms with Gasteiger partial charge in [-0.2, -0.15) is 0 Å². The lowest BCUT2D eigenvalue weighted by Crippen LogP contribution is -2.49. The molecule has 2 N–H and O–H groups in total. The van der Waals surface area contributed by atoms with Crippen molar-refractivity contribution in [2.75, 3.05) is 18.1 Å². The van der Waals surface area contributed by atoms with Crippen LogP contribution in [0.1, 0.15) is 6.92 Å². The Kier molecular flexibility index (Phi) is 3.21. The van der Waals surface area contributed by atoms with Crippen LogP contribution in [0.25, 0.3) is 0 Å². The van der Waals surface area contributed by atoms with E-state index in [-0.39, 0.29) is 34.6 Å². The number of amidine groups is 1. The van der Waals surface area contributed by atoms with Crippen LogP contribution in [0.2, 0.25) is 0 Å². The smallest absolute Gasteiger partial charge is 0.426 e. The van der Waals surface area contributed by atoms with Gasteiger partial charge in [-0.3, -0.25) is 10.4 Å². The van der Waals surface area contributed by atoms with Crippen LogP contribution in [-0.4, -0.2) is 54.1 Å². The van der Waals surface area contributed by atoms with Crippen LogP contribution in [0.15, 0.2) is 0 Å². The molecule has 2 aliphatic rings. The Hall–Kier alpha value is -0.960. The molecular formula is C8H13N3O4S2. The van der Waals surface area contributed by atoms with Crippen LogP contribution in [-0.2, 0) is 14.6 Å².